The van der Waals surface area contributed by atoms with Crippen molar-refractivity contribution in [2.24, 2.45) is 0 Å². The first-order valence-corrected chi connectivity index (χ1v) is 4.24. The molecule has 0 spiro atoms. The van der Waals surface area contributed by atoms with Gasteiger partial charge in [-0.15, -0.1) is 0 Å². The van der Waals surface area contributed by atoms with Gasteiger partial charge in [0.15, 0.2) is 0 Å². The summed E-state index contributed by atoms with van der Waals surface area (Å²) >= 11 is 0. The third-order valence-corrected chi connectivity index (χ3v) is 1.71. The van der Waals surface area contributed by atoms with E-state index in [4.69, 9.17) is 5.11 Å². The Kier molecular flexibility index (Phi) is 3.75. The molecule has 6 heteroatoms. The standard InChI is InChI=1S/C9H11N3O3/c1-12(8(14)6-13)9(15)11-7-4-2-3-5-10-7/h2-5,13H,6H2,1H3,(H,10,11,15). The van der Waals surface area contributed by atoms with Gasteiger partial charge >= 0.3 is 6.03 Å². The molecule has 0 atom stereocenters. The third-order valence-electron chi connectivity index (χ3n) is 1.71. The Hall–Kier alpha value is -1.95. The number of imide groups is 1. The lowest BCUT2D eigenvalue weighted by Crippen LogP contribution is -2.38. The topological polar surface area (TPSA) is 82.5 Å². The van der Waals surface area contributed by atoms with E-state index < -0.39 is 18.5 Å². The second-order valence-corrected chi connectivity index (χ2v) is 2.76. The molecule has 0 unspecified atom stereocenters. The monoisotopic (exact) mass is 209 g/mol. The van der Waals surface area contributed by atoms with Gasteiger partial charge in [-0.05, 0) is 12.1 Å². The first kappa shape index (κ1) is 11.1. The van der Waals surface area contributed by atoms with E-state index in [9.17, 15) is 9.59 Å². The normalized spacial score (nSPS) is 9.47. The zero-order valence-corrected chi connectivity index (χ0v) is 8.17. The van der Waals surface area contributed by atoms with Crippen molar-refractivity contribution in [1.82, 2.24) is 9.88 Å². The number of aliphatic hydroxyl groups excluding tert-OH is 1. The molecule has 0 aromatic carbocycles. The van der Waals surface area contributed by atoms with Crippen LogP contribution >= 0.6 is 0 Å². The molecule has 0 aliphatic carbocycles. The number of anilines is 1. The highest BCUT2D eigenvalue weighted by Gasteiger charge is 2.15. The Labute approximate surface area is 86.5 Å². The van der Waals surface area contributed by atoms with Crippen LogP contribution in [-0.4, -0.2) is 40.6 Å². The molecule has 0 aliphatic rings. The molecule has 1 aromatic heterocycles. The summed E-state index contributed by atoms with van der Waals surface area (Å²) in [5.41, 5.74) is 0. The Morgan fingerprint density at radius 3 is 2.80 bits per heavy atom. The number of nitrogens with zero attached hydrogens (tertiary/aromatic N) is 2. The molecule has 0 radical (unpaired) electrons. The molecule has 0 aliphatic heterocycles. The summed E-state index contributed by atoms with van der Waals surface area (Å²) in [6, 6.07) is 4.37. The van der Waals surface area contributed by atoms with Gasteiger partial charge in [0.25, 0.3) is 5.91 Å². The summed E-state index contributed by atoms with van der Waals surface area (Å²) in [6.07, 6.45) is 1.52. The number of carbonyl (C=O) groups excluding carboxylic acids is 2. The molecule has 0 bridgehead atoms. The van der Waals surface area contributed by atoms with Gasteiger partial charge in [0, 0.05) is 13.2 Å². The van der Waals surface area contributed by atoms with Gasteiger partial charge in [0.2, 0.25) is 0 Å². The van der Waals surface area contributed by atoms with E-state index in [0.29, 0.717) is 5.82 Å². The Morgan fingerprint density at radius 2 is 2.27 bits per heavy atom. The van der Waals surface area contributed by atoms with E-state index in [-0.39, 0.29) is 0 Å². The van der Waals surface area contributed by atoms with Gasteiger partial charge in [0.05, 0.1) is 0 Å². The maximum absolute atomic E-state index is 11.4. The molecule has 1 heterocycles. The molecule has 2 N–H and O–H groups in total. The molecule has 0 fully saturated rings. The highest BCUT2D eigenvalue weighted by atomic mass is 16.3. The average Bonchev–Trinajstić information content (AvgIpc) is 2.28. The summed E-state index contributed by atoms with van der Waals surface area (Å²) in [5, 5.41) is 10.9. The number of carbonyl (C=O) groups is 2. The summed E-state index contributed by atoms with van der Waals surface area (Å²) in [4.78, 5) is 26.9. The van der Waals surface area contributed by atoms with E-state index in [0.717, 1.165) is 4.90 Å². The largest absolute Gasteiger partial charge is 0.387 e. The number of aromatic nitrogens is 1. The molecule has 0 saturated heterocycles. The number of likely N-dealkylation sites (N-methyl/N-ethyl adjacent to an activating group) is 1. The number of aliphatic hydroxyl groups is 1. The number of pyridine rings is 1. The first-order valence-electron chi connectivity index (χ1n) is 4.24. The van der Waals surface area contributed by atoms with Crippen LogP contribution in [0.4, 0.5) is 10.6 Å². The highest BCUT2D eigenvalue weighted by Crippen LogP contribution is 2.01. The number of hydrogen-bond donors (Lipinski definition) is 2. The fourth-order valence-corrected chi connectivity index (χ4v) is 0.849. The SMILES string of the molecule is CN(C(=O)CO)C(=O)Nc1ccccn1. The quantitative estimate of drug-likeness (QED) is 0.721. The van der Waals surface area contributed by atoms with Crippen molar-refractivity contribution in [3.63, 3.8) is 0 Å². The number of nitrogens with one attached hydrogen (secondary N) is 1. The highest BCUT2D eigenvalue weighted by molar-refractivity contribution is 6.00. The molecule has 0 saturated carbocycles. The summed E-state index contributed by atoms with van der Waals surface area (Å²) in [6.45, 7) is -0.702. The Balaban J connectivity index is 2.60. The first-order chi connectivity index (χ1) is 7.15. The molecule has 1 rings (SSSR count). The average molecular weight is 209 g/mol. The van der Waals surface area contributed by atoms with Gasteiger partial charge in [-0.2, -0.15) is 0 Å². The van der Waals surface area contributed by atoms with Gasteiger partial charge in [-0.25, -0.2) is 9.78 Å². The number of urea groups is 1. The molecule has 3 amide bonds. The minimum Gasteiger partial charge on any atom is -0.387 e. The predicted octanol–water partition coefficient (Wildman–Crippen LogP) is 0.0642. The summed E-state index contributed by atoms with van der Waals surface area (Å²) in [7, 11) is 1.27. The van der Waals surface area contributed by atoms with Gasteiger partial charge in [0.1, 0.15) is 12.4 Å². The zero-order valence-electron chi connectivity index (χ0n) is 8.17. The summed E-state index contributed by atoms with van der Waals surface area (Å²) in [5.74, 6) is -0.330. The zero-order chi connectivity index (χ0) is 11.3. The molecular formula is C9H11N3O3. The predicted molar refractivity (Wildman–Crippen MR) is 53.1 cm³/mol. The fourth-order valence-electron chi connectivity index (χ4n) is 0.849. The van der Waals surface area contributed by atoms with Crippen molar-refractivity contribution in [3.8, 4) is 0 Å². The van der Waals surface area contributed by atoms with Crippen molar-refractivity contribution in [3.05, 3.63) is 24.4 Å². The van der Waals surface area contributed by atoms with E-state index in [2.05, 4.69) is 10.3 Å². The van der Waals surface area contributed by atoms with E-state index in [1.807, 2.05) is 0 Å². The van der Waals surface area contributed by atoms with Gasteiger partial charge in [-0.3, -0.25) is 15.0 Å². The van der Waals surface area contributed by atoms with Crippen molar-refractivity contribution in [2.75, 3.05) is 19.0 Å². The second-order valence-electron chi connectivity index (χ2n) is 2.76. The molecule has 15 heavy (non-hydrogen) atoms. The van der Waals surface area contributed by atoms with Crippen molar-refractivity contribution in [1.29, 1.82) is 0 Å². The van der Waals surface area contributed by atoms with Crippen LogP contribution in [0.15, 0.2) is 24.4 Å². The van der Waals surface area contributed by atoms with Crippen LogP contribution in [0.5, 0.6) is 0 Å². The maximum Gasteiger partial charge on any atom is 0.329 e. The van der Waals surface area contributed by atoms with Crippen LogP contribution in [0.2, 0.25) is 0 Å². The van der Waals surface area contributed by atoms with Crippen LogP contribution in [0.3, 0.4) is 0 Å². The van der Waals surface area contributed by atoms with E-state index >= 15 is 0 Å². The lowest BCUT2D eigenvalue weighted by molar-refractivity contribution is -0.129. The van der Waals surface area contributed by atoms with Crippen LogP contribution in [0.1, 0.15) is 0 Å². The van der Waals surface area contributed by atoms with Crippen molar-refractivity contribution < 1.29 is 14.7 Å². The van der Waals surface area contributed by atoms with Crippen molar-refractivity contribution >= 4 is 17.8 Å². The van der Waals surface area contributed by atoms with Crippen molar-refractivity contribution in [2.45, 2.75) is 0 Å². The second kappa shape index (κ2) is 5.06. The van der Waals surface area contributed by atoms with Gasteiger partial charge in [-0.1, -0.05) is 6.07 Å². The minimum absolute atomic E-state index is 0.347. The summed E-state index contributed by atoms with van der Waals surface area (Å²) < 4.78 is 0. The number of rotatable bonds is 2. The van der Waals surface area contributed by atoms with Gasteiger partial charge < -0.3 is 5.11 Å². The smallest absolute Gasteiger partial charge is 0.329 e. The Bertz CT molecular complexity index is 353. The van der Waals surface area contributed by atoms with E-state index in [1.165, 1.54) is 13.2 Å². The van der Waals surface area contributed by atoms with Crippen LogP contribution < -0.4 is 5.32 Å². The maximum atomic E-state index is 11.4. The molecule has 1 aromatic rings. The lowest BCUT2D eigenvalue weighted by Gasteiger charge is -2.14. The number of hydrogen-bond acceptors (Lipinski definition) is 4. The fraction of sp³-hybridized carbons (Fsp3) is 0.222. The molecule has 6 nitrogen and oxygen atoms in total. The van der Waals surface area contributed by atoms with Crippen LogP contribution in [-0.2, 0) is 4.79 Å². The lowest BCUT2D eigenvalue weighted by atomic mass is 10.4. The third kappa shape index (κ3) is 3.03. The molecule has 80 valence electrons. The van der Waals surface area contributed by atoms with Crippen LogP contribution in [0.25, 0.3) is 0 Å². The minimum atomic E-state index is -0.702. The Morgan fingerprint density at radius 1 is 1.53 bits per heavy atom. The molecular weight excluding hydrogens is 198 g/mol. The number of amides is 3. The van der Waals surface area contributed by atoms with E-state index in [1.54, 1.807) is 18.2 Å². The van der Waals surface area contributed by atoms with Crippen LogP contribution in [0, 0.1) is 0 Å².